The van der Waals surface area contributed by atoms with Gasteiger partial charge in [-0.3, -0.25) is 9.59 Å². The van der Waals surface area contributed by atoms with Crippen molar-refractivity contribution in [3.05, 3.63) is 63.7 Å². The zero-order chi connectivity index (χ0) is 27.4. The molecule has 0 aliphatic carbocycles. The molecular weight excluding hydrogens is 478 g/mol. The molecule has 2 atom stereocenters. The Morgan fingerprint density at radius 2 is 1.61 bits per heavy atom. The molecule has 2 aromatic carbocycles. The molecule has 0 heterocycles. The predicted molar refractivity (Wildman–Crippen MR) is 144 cm³/mol. The molecular formula is C28H38ClN3O4. The summed E-state index contributed by atoms with van der Waals surface area (Å²) in [6.45, 7) is 14.7. The standard InChI is InChI=1S/C28H38ClN3O4/c1-16(2)22(31-27(35)36-28(6,7)8)26(34)32(9)24(20-14-13-17(3)19(5)15-20)25(33)30-23-18(4)11-10-12-21(23)29/h10-16,22,24H,1-9H3,(H,30,33)(H,31,35). The molecule has 196 valence electrons. The molecule has 0 saturated carbocycles. The van der Waals surface area contributed by atoms with E-state index in [4.69, 9.17) is 16.3 Å². The van der Waals surface area contributed by atoms with Crippen LogP contribution in [0.5, 0.6) is 0 Å². The van der Waals surface area contributed by atoms with E-state index in [9.17, 15) is 14.4 Å². The second kappa shape index (κ2) is 11.8. The summed E-state index contributed by atoms with van der Waals surface area (Å²) in [6.07, 6.45) is -0.693. The summed E-state index contributed by atoms with van der Waals surface area (Å²) in [5, 5.41) is 6.00. The van der Waals surface area contributed by atoms with Crippen LogP contribution in [0, 0.1) is 26.7 Å². The molecule has 0 saturated heterocycles. The summed E-state index contributed by atoms with van der Waals surface area (Å²) in [5.41, 5.74) is 3.29. The van der Waals surface area contributed by atoms with Crippen molar-refractivity contribution in [2.24, 2.45) is 5.92 Å². The molecule has 8 heteroatoms. The fraction of sp³-hybridized carbons (Fsp3) is 0.464. The minimum absolute atomic E-state index is 0.248. The Hall–Kier alpha value is -3.06. The van der Waals surface area contributed by atoms with E-state index in [1.54, 1.807) is 40.0 Å². The van der Waals surface area contributed by atoms with Gasteiger partial charge in [-0.15, -0.1) is 0 Å². The molecule has 0 fully saturated rings. The van der Waals surface area contributed by atoms with Gasteiger partial charge in [-0.05, 0) is 75.8 Å². The minimum Gasteiger partial charge on any atom is -0.444 e. The van der Waals surface area contributed by atoms with Gasteiger partial charge in [0, 0.05) is 7.05 Å². The third-order valence-corrected chi connectivity index (χ3v) is 6.22. The van der Waals surface area contributed by atoms with E-state index >= 15 is 0 Å². The average Bonchev–Trinajstić information content (AvgIpc) is 2.75. The Morgan fingerprint density at radius 1 is 0.972 bits per heavy atom. The number of ether oxygens (including phenoxy) is 1. The van der Waals surface area contributed by atoms with E-state index < -0.39 is 35.6 Å². The topological polar surface area (TPSA) is 87.7 Å². The van der Waals surface area contributed by atoms with Crippen LogP contribution in [0.2, 0.25) is 5.02 Å². The lowest BCUT2D eigenvalue weighted by Gasteiger charge is -2.33. The van der Waals surface area contributed by atoms with Crippen LogP contribution in [0.25, 0.3) is 0 Å². The van der Waals surface area contributed by atoms with Gasteiger partial charge in [0.15, 0.2) is 0 Å². The van der Waals surface area contributed by atoms with Crippen molar-refractivity contribution in [2.45, 2.75) is 73.1 Å². The Labute approximate surface area is 219 Å². The minimum atomic E-state index is -0.964. The van der Waals surface area contributed by atoms with Gasteiger partial charge >= 0.3 is 6.09 Å². The summed E-state index contributed by atoms with van der Waals surface area (Å²) in [7, 11) is 1.56. The maximum atomic E-state index is 13.7. The van der Waals surface area contributed by atoms with Gasteiger partial charge < -0.3 is 20.3 Å². The maximum absolute atomic E-state index is 13.7. The number of carbonyl (C=O) groups is 3. The Kier molecular flexibility index (Phi) is 9.55. The number of benzene rings is 2. The Bertz CT molecular complexity index is 1100. The molecule has 2 aromatic rings. The molecule has 0 spiro atoms. The van der Waals surface area contributed by atoms with Crippen molar-refractivity contribution in [2.75, 3.05) is 12.4 Å². The molecule has 2 N–H and O–H groups in total. The first kappa shape index (κ1) is 29.2. The number of halogens is 1. The number of hydrogen-bond acceptors (Lipinski definition) is 4. The highest BCUT2D eigenvalue weighted by molar-refractivity contribution is 6.34. The van der Waals surface area contributed by atoms with E-state index in [2.05, 4.69) is 10.6 Å². The number of para-hydroxylation sites is 1. The molecule has 0 aromatic heterocycles. The van der Waals surface area contributed by atoms with Crippen LogP contribution in [0.1, 0.15) is 62.9 Å². The highest BCUT2D eigenvalue weighted by Crippen LogP contribution is 2.29. The van der Waals surface area contributed by atoms with Crippen LogP contribution in [0.15, 0.2) is 36.4 Å². The van der Waals surface area contributed by atoms with Gasteiger partial charge in [0.05, 0.1) is 10.7 Å². The largest absolute Gasteiger partial charge is 0.444 e. The number of aryl methyl sites for hydroxylation is 3. The zero-order valence-electron chi connectivity index (χ0n) is 22.7. The van der Waals surface area contributed by atoms with Crippen LogP contribution in [0.3, 0.4) is 0 Å². The van der Waals surface area contributed by atoms with E-state index in [-0.39, 0.29) is 5.92 Å². The lowest BCUT2D eigenvalue weighted by Crippen LogP contribution is -2.53. The van der Waals surface area contributed by atoms with E-state index in [0.29, 0.717) is 16.3 Å². The van der Waals surface area contributed by atoms with Gasteiger partial charge in [-0.2, -0.15) is 0 Å². The quantitative estimate of drug-likeness (QED) is 0.476. The van der Waals surface area contributed by atoms with Crippen LogP contribution in [-0.2, 0) is 14.3 Å². The summed E-state index contributed by atoms with van der Waals surface area (Å²) in [6, 6.07) is 9.14. The van der Waals surface area contributed by atoms with Crippen molar-refractivity contribution in [1.29, 1.82) is 0 Å². The number of carbonyl (C=O) groups excluding carboxylic acids is 3. The van der Waals surface area contributed by atoms with E-state index in [1.807, 2.05) is 58.9 Å². The maximum Gasteiger partial charge on any atom is 0.408 e. The third kappa shape index (κ3) is 7.47. The molecule has 0 aliphatic heterocycles. The smallest absolute Gasteiger partial charge is 0.408 e. The van der Waals surface area contributed by atoms with Gasteiger partial charge in [-0.25, -0.2) is 4.79 Å². The third-order valence-electron chi connectivity index (χ3n) is 5.91. The molecule has 2 unspecified atom stereocenters. The van der Waals surface area contributed by atoms with E-state index in [1.165, 1.54) is 4.90 Å². The van der Waals surface area contributed by atoms with Crippen molar-refractivity contribution < 1.29 is 19.1 Å². The molecule has 3 amide bonds. The van der Waals surface area contributed by atoms with Crippen LogP contribution >= 0.6 is 11.6 Å². The van der Waals surface area contributed by atoms with Crippen LogP contribution < -0.4 is 10.6 Å². The second-order valence-corrected chi connectivity index (χ2v) is 10.9. The van der Waals surface area contributed by atoms with Gasteiger partial charge in [0.25, 0.3) is 5.91 Å². The normalized spacial score (nSPS) is 13.1. The summed E-state index contributed by atoms with van der Waals surface area (Å²) < 4.78 is 5.36. The molecule has 0 aliphatic rings. The number of nitrogens with zero attached hydrogens (tertiary/aromatic N) is 1. The highest BCUT2D eigenvalue weighted by atomic mass is 35.5. The van der Waals surface area contributed by atoms with Crippen molar-refractivity contribution >= 4 is 35.2 Å². The van der Waals surface area contributed by atoms with Gasteiger partial charge in [-0.1, -0.05) is 55.8 Å². The Balaban J connectivity index is 2.45. The number of anilines is 1. The summed E-state index contributed by atoms with van der Waals surface area (Å²) >= 11 is 6.36. The monoisotopic (exact) mass is 515 g/mol. The highest BCUT2D eigenvalue weighted by Gasteiger charge is 2.36. The molecule has 0 bridgehead atoms. The number of nitrogens with one attached hydrogen (secondary N) is 2. The number of rotatable bonds is 7. The first-order valence-electron chi connectivity index (χ1n) is 12.0. The van der Waals surface area contributed by atoms with Crippen molar-refractivity contribution in [3.8, 4) is 0 Å². The SMILES string of the molecule is Cc1ccc(C(C(=O)Nc2c(C)cccc2Cl)N(C)C(=O)C(NC(=O)OC(C)(C)C)C(C)C)cc1C. The summed E-state index contributed by atoms with van der Waals surface area (Å²) in [4.78, 5) is 41.2. The number of alkyl carbamates (subject to hydrolysis) is 1. The lowest BCUT2D eigenvalue weighted by atomic mass is 9.97. The molecule has 7 nitrogen and oxygen atoms in total. The average molecular weight is 516 g/mol. The molecule has 36 heavy (non-hydrogen) atoms. The van der Waals surface area contributed by atoms with Crippen molar-refractivity contribution in [3.63, 3.8) is 0 Å². The zero-order valence-corrected chi connectivity index (χ0v) is 23.4. The number of likely N-dealkylation sites (N-methyl/N-ethyl adjacent to an activating group) is 1. The molecule has 0 radical (unpaired) electrons. The number of amides is 3. The van der Waals surface area contributed by atoms with Gasteiger partial charge in [0.2, 0.25) is 5.91 Å². The Morgan fingerprint density at radius 3 is 2.14 bits per heavy atom. The lowest BCUT2D eigenvalue weighted by molar-refractivity contribution is -0.140. The predicted octanol–water partition coefficient (Wildman–Crippen LogP) is 5.95. The number of hydrogen-bond donors (Lipinski definition) is 2. The van der Waals surface area contributed by atoms with Crippen LogP contribution in [-0.4, -0.2) is 41.5 Å². The van der Waals surface area contributed by atoms with Crippen molar-refractivity contribution in [1.82, 2.24) is 10.2 Å². The second-order valence-electron chi connectivity index (χ2n) is 10.5. The fourth-order valence-electron chi connectivity index (χ4n) is 3.76. The first-order chi connectivity index (χ1) is 16.6. The van der Waals surface area contributed by atoms with Crippen LogP contribution in [0.4, 0.5) is 10.5 Å². The van der Waals surface area contributed by atoms with E-state index in [0.717, 1.165) is 16.7 Å². The van der Waals surface area contributed by atoms with Gasteiger partial charge in [0.1, 0.15) is 17.7 Å². The first-order valence-corrected chi connectivity index (χ1v) is 12.4. The molecule has 2 rings (SSSR count). The fourth-order valence-corrected chi connectivity index (χ4v) is 4.03. The summed E-state index contributed by atoms with van der Waals surface area (Å²) in [5.74, 6) is -1.07.